The second-order valence-electron chi connectivity index (χ2n) is 7.53. The molecule has 0 spiro atoms. The Morgan fingerprint density at radius 2 is 2.04 bits per heavy atom. The zero-order valence-corrected chi connectivity index (χ0v) is 17.7. The van der Waals surface area contributed by atoms with Crippen molar-refractivity contribution < 1.29 is 9.47 Å². The van der Waals surface area contributed by atoms with Gasteiger partial charge in [-0.2, -0.15) is 0 Å². The Bertz CT molecular complexity index is 407. The zero-order valence-electron chi connectivity index (χ0n) is 17.7. The Morgan fingerprint density at radius 1 is 1.22 bits per heavy atom. The lowest BCUT2D eigenvalue weighted by Crippen LogP contribution is -2.50. The molecule has 0 aromatic rings. The maximum atomic E-state index is 5.72. The van der Waals surface area contributed by atoms with Crippen LogP contribution in [-0.2, 0) is 9.47 Å². The molecule has 2 unspecified atom stereocenters. The van der Waals surface area contributed by atoms with Crippen LogP contribution in [0.5, 0.6) is 0 Å². The van der Waals surface area contributed by atoms with Gasteiger partial charge in [-0.05, 0) is 39.7 Å². The number of likely N-dealkylation sites (N-methyl/N-ethyl adjacent to an activating group) is 1. The predicted molar refractivity (Wildman–Crippen MR) is 112 cm³/mol. The van der Waals surface area contributed by atoms with Crippen molar-refractivity contribution in [3.05, 3.63) is 0 Å². The van der Waals surface area contributed by atoms with E-state index in [0.717, 1.165) is 77.9 Å². The van der Waals surface area contributed by atoms with Gasteiger partial charge in [0.15, 0.2) is 5.96 Å². The van der Waals surface area contributed by atoms with E-state index in [2.05, 4.69) is 41.2 Å². The van der Waals surface area contributed by atoms with Crippen LogP contribution in [0.15, 0.2) is 4.99 Å². The summed E-state index contributed by atoms with van der Waals surface area (Å²) in [5.74, 6) is 0.913. The van der Waals surface area contributed by atoms with Gasteiger partial charge >= 0.3 is 0 Å². The molecule has 2 aliphatic heterocycles. The molecule has 27 heavy (non-hydrogen) atoms. The number of rotatable bonds is 11. The minimum Gasteiger partial charge on any atom is -0.379 e. The molecule has 0 bridgehead atoms. The van der Waals surface area contributed by atoms with E-state index in [4.69, 9.17) is 14.5 Å². The normalized spacial score (nSPS) is 23.5. The zero-order chi connectivity index (χ0) is 19.3. The van der Waals surface area contributed by atoms with Crippen molar-refractivity contribution in [1.82, 2.24) is 20.4 Å². The third kappa shape index (κ3) is 8.77. The lowest BCUT2D eigenvalue weighted by atomic mass is 10.2. The molecule has 2 N–H and O–H groups in total. The van der Waals surface area contributed by atoms with Crippen molar-refractivity contribution in [3.63, 3.8) is 0 Å². The van der Waals surface area contributed by atoms with Crippen molar-refractivity contribution in [2.45, 2.75) is 52.2 Å². The molecule has 2 heterocycles. The highest BCUT2D eigenvalue weighted by molar-refractivity contribution is 5.79. The first-order chi connectivity index (χ1) is 13.2. The van der Waals surface area contributed by atoms with Gasteiger partial charge in [-0.3, -0.25) is 9.89 Å². The number of guanidine groups is 1. The first-order valence-electron chi connectivity index (χ1n) is 10.9. The molecule has 2 rings (SSSR count). The van der Waals surface area contributed by atoms with Crippen LogP contribution in [0, 0.1) is 0 Å². The van der Waals surface area contributed by atoms with E-state index in [0.29, 0.717) is 12.1 Å². The average Bonchev–Trinajstić information content (AvgIpc) is 3.22. The van der Waals surface area contributed by atoms with Crippen LogP contribution in [0.4, 0.5) is 0 Å². The largest absolute Gasteiger partial charge is 0.379 e. The second-order valence-corrected chi connectivity index (χ2v) is 7.53. The van der Waals surface area contributed by atoms with Crippen LogP contribution in [0.2, 0.25) is 0 Å². The quantitative estimate of drug-likeness (QED) is 0.317. The second kappa shape index (κ2) is 13.3. The summed E-state index contributed by atoms with van der Waals surface area (Å²) >= 11 is 0. The number of nitrogens with one attached hydrogen (secondary N) is 2. The first-order valence-corrected chi connectivity index (χ1v) is 10.9. The van der Waals surface area contributed by atoms with E-state index < -0.39 is 0 Å². The van der Waals surface area contributed by atoms with Gasteiger partial charge in [0, 0.05) is 58.5 Å². The van der Waals surface area contributed by atoms with E-state index in [1.807, 2.05) is 0 Å². The highest BCUT2D eigenvalue weighted by Gasteiger charge is 2.20. The number of aliphatic imine (C=N–C) groups is 1. The fraction of sp³-hybridized carbons (Fsp3) is 0.950. The highest BCUT2D eigenvalue weighted by atomic mass is 16.5. The molecule has 0 amide bonds. The fourth-order valence-electron chi connectivity index (χ4n) is 3.57. The van der Waals surface area contributed by atoms with Crippen LogP contribution < -0.4 is 10.6 Å². The Kier molecular flexibility index (Phi) is 11.0. The van der Waals surface area contributed by atoms with Crippen molar-refractivity contribution in [2.75, 3.05) is 72.2 Å². The monoisotopic (exact) mass is 383 g/mol. The standard InChI is InChI=1S/C20H41N5O2/c1-4-21-20(22-9-7-14-26-17-19-8-6-15-27-19)23-16-18(3)25-12-10-24(5-2)11-13-25/h18-19H,4-17H2,1-3H3,(H2,21,22,23). The molecular weight excluding hydrogens is 342 g/mol. The SMILES string of the molecule is CCNC(=NCC(C)N1CCN(CC)CC1)NCCCOCC1CCCO1. The molecule has 7 nitrogen and oxygen atoms in total. The number of nitrogens with zero attached hydrogens (tertiary/aromatic N) is 3. The smallest absolute Gasteiger partial charge is 0.191 e. The van der Waals surface area contributed by atoms with Gasteiger partial charge in [-0.1, -0.05) is 6.92 Å². The number of piperazine rings is 1. The molecule has 2 atom stereocenters. The summed E-state index contributed by atoms with van der Waals surface area (Å²) < 4.78 is 11.3. The van der Waals surface area contributed by atoms with Crippen LogP contribution in [0.25, 0.3) is 0 Å². The summed E-state index contributed by atoms with van der Waals surface area (Å²) in [7, 11) is 0. The van der Waals surface area contributed by atoms with E-state index >= 15 is 0 Å². The molecule has 158 valence electrons. The van der Waals surface area contributed by atoms with Gasteiger partial charge in [0.2, 0.25) is 0 Å². The molecule has 0 aromatic heterocycles. The molecule has 0 radical (unpaired) electrons. The van der Waals surface area contributed by atoms with Crippen LogP contribution >= 0.6 is 0 Å². The van der Waals surface area contributed by atoms with Gasteiger partial charge in [-0.15, -0.1) is 0 Å². The molecule has 7 heteroatoms. The van der Waals surface area contributed by atoms with Gasteiger partial charge in [0.25, 0.3) is 0 Å². The molecular formula is C20H41N5O2. The molecule has 0 aliphatic carbocycles. The molecule has 0 aromatic carbocycles. The first kappa shape index (κ1) is 22.4. The third-order valence-electron chi connectivity index (χ3n) is 5.42. The summed E-state index contributed by atoms with van der Waals surface area (Å²) in [6, 6.07) is 0.481. The van der Waals surface area contributed by atoms with Crippen molar-refractivity contribution in [1.29, 1.82) is 0 Å². The Hall–Kier alpha value is -0.890. The fourth-order valence-corrected chi connectivity index (χ4v) is 3.57. The van der Waals surface area contributed by atoms with Crippen molar-refractivity contribution >= 4 is 5.96 Å². The average molecular weight is 384 g/mol. The van der Waals surface area contributed by atoms with E-state index in [9.17, 15) is 0 Å². The van der Waals surface area contributed by atoms with Crippen molar-refractivity contribution in [3.8, 4) is 0 Å². The van der Waals surface area contributed by atoms with Gasteiger partial charge in [0.1, 0.15) is 0 Å². The van der Waals surface area contributed by atoms with E-state index in [1.54, 1.807) is 0 Å². The van der Waals surface area contributed by atoms with Crippen LogP contribution in [-0.4, -0.2) is 100 Å². The molecule has 0 saturated carbocycles. The Balaban J connectivity index is 1.59. The summed E-state index contributed by atoms with van der Waals surface area (Å²) in [6.07, 6.45) is 3.61. The Labute approximate surface area is 165 Å². The minimum atomic E-state index is 0.317. The van der Waals surface area contributed by atoms with Gasteiger partial charge in [-0.25, -0.2) is 0 Å². The van der Waals surface area contributed by atoms with E-state index in [1.165, 1.54) is 19.5 Å². The third-order valence-corrected chi connectivity index (χ3v) is 5.42. The maximum absolute atomic E-state index is 5.72. The predicted octanol–water partition coefficient (Wildman–Crippen LogP) is 1.15. The molecule has 2 saturated heterocycles. The summed E-state index contributed by atoms with van der Waals surface area (Å²) in [5, 5.41) is 6.77. The Morgan fingerprint density at radius 3 is 2.70 bits per heavy atom. The van der Waals surface area contributed by atoms with Gasteiger partial charge < -0.3 is 25.0 Å². The lowest BCUT2D eigenvalue weighted by molar-refractivity contribution is 0.0168. The van der Waals surface area contributed by atoms with Crippen LogP contribution in [0.3, 0.4) is 0 Å². The summed E-state index contributed by atoms with van der Waals surface area (Å²) in [5.41, 5.74) is 0. The summed E-state index contributed by atoms with van der Waals surface area (Å²) in [6.45, 7) is 17.4. The lowest BCUT2D eigenvalue weighted by Gasteiger charge is -2.37. The maximum Gasteiger partial charge on any atom is 0.191 e. The number of hydrogen-bond donors (Lipinski definition) is 2. The molecule has 2 fully saturated rings. The summed E-state index contributed by atoms with van der Waals surface area (Å²) in [4.78, 5) is 9.85. The number of ether oxygens (including phenoxy) is 2. The van der Waals surface area contributed by atoms with E-state index in [-0.39, 0.29) is 0 Å². The van der Waals surface area contributed by atoms with Crippen molar-refractivity contribution in [2.24, 2.45) is 4.99 Å². The topological polar surface area (TPSA) is 61.4 Å². The highest BCUT2D eigenvalue weighted by Crippen LogP contribution is 2.11. The van der Waals surface area contributed by atoms with Gasteiger partial charge in [0.05, 0.1) is 19.3 Å². The minimum absolute atomic E-state index is 0.317. The number of hydrogen-bond acceptors (Lipinski definition) is 5. The van der Waals surface area contributed by atoms with Crippen LogP contribution in [0.1, 0.15) is 40.0 Å². The molecule has 2 aliphatic rings.